The fraction of sp³-hybridized carbons (Fsp3) is 1.00. The smallest absolute Gasteiger partial charge is 0.217 e. The lowest BCUT2D eigenvalue weighted by Crippen LogP contribution is -2.44. The molecule has 0 radical (unpaired) electrons. The Morgan fingerprint density at radius 2 is 1.88 bits per heavy atom. The number of hydrogen-bond donors (Lipinski definition) is 1. The van der Waals surface area contributed by atoms with Gasteiger partial charge in [0.15, 0.2) is 0 Å². The van der Waals surface area contributed by atoms with Gasteiger partial charge in [0.25, 0.3) is 0 Å². The van der Waals surface area contributed by atoms with Gasteiger partial charge in [-0.15, -0.1) is 0 Å². The van der Waals surface area contributed by atoms with Gasteiger partial charge >= 0.3 is 0 Å². The van der Waals surface area contributed by atoms with Gasteiger partial charge in [-0.3, -0.25) is 0 Å². The molecule has 0 spiro atoms. The van der Waals surface area contributed by atoms with Crippen LogP contribution in [0.25, 0.3) is 0 Å². The van der Waals surface area contributed by atoms with Crippen LogP contribution in [0.4, 0.5) is 0 Å². The number of rotatable bonds is 2. The summed E-state index contributed by atoms with van der Waals surface area (Å²) in [6.45, 7) is 0.682. The Labute approximate surface area is 95.7 Å². The molecule has 1 heterocycles. The van der Waals surface area contributed by atoms with E-state index >= 15 is 0 Å². The van der Waals surface area contributed by atoms with Crippen LogP contribution in [0.5, 0.6) is 0 Å². The lowest BCUT2D eigenvalue weighted by molar-refractivity contribution is 0.0730. The standard InChI is InChI=1S/C11H17NO3S/c13-11-6-3-7-5-12(10(11)9(7)4-6)16(14,15)8-1-2-8/h6-11,13H,1-5H2/t6-,7-,9+,10-,11+/m0/s1. The van der Waals surface area contributed by atoms with E-state index in [1.165, 1.54) is 0 Å². The molecule has 1 aliphatic heterocycles. The van der Waals surface area contributed by atoms with E-state index in [0.29, 0.717) is 24.3 Å². The van der Waals surface area contributed by atoms with E-state index in [0.717, 1.165) is 25.7 Å². The lowest BCUT2D eigenvalue weighted by Gasteiger charge is -2.28. The van der Waals surface area contributed by atoms with Crippen LogP contribution >= 0.6 is 0 Å². The third kappa shape index (κ3) is 1.05. The first-order valence-corrected chi connectivity index (χ1v) is 7.78. The Morgan fingerprint density at radius 1 is 1.12 bits per heavy atom. The van der Waals surface area contributed by atoms with Crippen LogP contribution in [0.1, 0.15) is 25.7 Å². The van der Waals surface area contributed by atoms with Crippen molar-refractivity contribution in [3.8, 4) is 0 Å². The number of aliphatic hydroxyl groups excluding tert-OH is 1. The van der Waals surface area contributed by atoms with Crippen LogP contribution in [0, 0.1) is 17.8 Å². The molecule has 4 aliphatic rings. The summed E-state index contributed by atoms with van der Waals surface area (Å²) in [6.07, 6.45) is 3.34. The number of hydrogen-bond acceptors (Lipinski definition) is 3. The first kappa shape index (κ1) is 9.85. The molecule has 90 valence electrons. The van der Waals surface area contributed by atoms with Crippen LogP contribution in [-0.4, -0.2) is 41.8 Å². The van der Waals surface area contributed by atoms with Crippen LogP contribution < -0.4 is 0 Å². The third-order valence-corrected chi connectivity index (χ3v) is 7.44. The number of sulfonamides is 1. The minimum atomic E-state index is -3.09. The Balaban J connectivity index is 1.72. The van der Waals surface area contributed by atoms with Gasteiger partial charge in [0, 0.05) is 6.54 Å². The molecular formula is C11H17NO3S. The first-order chi connectivity index (χ1) is 7.59. The Kier molecular flexibility index (Phi) is 1.73. The fourth-order valence-corrected chi connectivity index (χ4v) is 6.34. The van der Waals surface area contributed by atoms with Crippen molar-refractivity contribution in [1.82, 2.24) is 4.31 Å². The largest absolute Gasteiger partial charge is 0.391 e. The summed E-state index contributed by atoms with van der Waals surface area (Å²) in [5, 5.41) is 10.0. The van der Waals surface area contributed by atoms with Gasteiger partial charge in [-0.2, -0.15) is 4.31 Å². The Morgan fingerprint density at radius 3 is 2.50 bits per heavy atom. The minimum Gasteiger partial charge on any atom is -0.391 e. The quantitative estimate of drug-likeness (QED) is 0.752. The van der Waals surface area contributed by atoms with Crippen molar-refractivity contribution in [2.75, 3.05) is 6.54 Å². The second kappa shape index (κ2) is 2.82. The van der Waals surface area contributed by atoms with Crippen LogP contribution in [0.3, 0.4) is 0 Å². The molecule has 4 nitrogen and oxygen atoms in total. The van der Waals surface area contributed by atoms with Gasteiger partial charge in [0.05, 0.1) is 17.4 Å². The summed E-state index contributed by atoms with van der Waals surface area (Å²) in [4.78, 5) is 0. The highest BCUT2D eigenvalue weighted by Crippen LogP contribution is 2.56. The zero-order valence-corrected chi connectivity index (χ0v) is 9.94. The topological polar surface area (TPSA) is 57.6 Å². The van der Waals surface area contributed by atoms with Crippen molar-refractivity contribution >= 4 is 10.0 Å². The summed E-state index contributed by atoms with van der Waals surface area (Å²) in [6, 6.07) is -0.0747. The molecule has 4 fully saturated rings. The number of aliphatic hydroxyl groups is 1. The highest BCUT2D eigenvalue weighted by Gasteiger charge is 2.62. The highest BCUT2D eigenvalue weighted by molar-refractivity contribution is 7.90. The molecule has 4 rings (SSSR count). The molecule has 0 aromatic heterocycles. The molecule has 0 aromatic rings. The van der Waals surface area contributed by atoms with Gasteiger partial charge in [-0.25, -0.2) is 8.42 Å². The molecule has 5 atom stereocenters. The molecule has 16 heavy (non-hydrogen) atoms. The van der Waals surface area contributed by atoms with Gasteiger partial charge in [0.1, 0.15) is 0 Å². The fourth-order valence-electron chi connectivity index (χ4n) is 4.21. The first-order valence-electron chi connectivity index (χ1n) is 6.28. The van der Waals surface area contributed by atoms with Gasteiger partial charge in [-0.05, 0) is 43.4 Å². The summed E-state index contributed by atoms with van der Waals surface area (Å²) in [5.41, 5.74) is 0. The zero-order valence-electron chi connectivity index (χ0n) is 9.12. The normalized spacial score (nSPS) is 51.4. The summed E-state index contributed by atoms with van der Waals surface area (Å²) < 4.78 is 26.2. The molecule has 1 saturated heterocycles. The average molecular weight is 243 g/mol. The number of nitrogens with zero attached hydrogens (tertiary/aromatic N) is 1. The van der Waals surface area contributed by atoms with Crippen molar-refractivity contribution in [3.05, 3.63) is 0 Å². The maximum atomic E-state index is 12.3. The third-order valence-electron chi connectivity index (χ3n) is 5.08. The maximum absolute atomic E-state index is 12.3. The molecule has 5 heteroatoms. The summed E-state index contributed by atoms with van der Waals surface area (Å²) in [7, 11) is -3.09. The predicted molar refractivity (Wildman–Crippen MR) is 58.1 cm³/mol. The van der Waals surface area contributed by atoms with E-state index in [9.17, 15) is 13.5 Å². The van der Waals surface area contributed by atoms with Gasteiger partial charge in [-0.1, -0.05) is 0 Å². The molecule has 3 aliphatic carbocycles. The van der Waals surface area contributed by atoms with Crippen molar-refractivity contribution in [3.63, 3.8) is 0 Å². The molecule has 3 saturated carbocycles. The predicted octanol–water partition coefficient (Wildman–Crippen LogP) is 0.180. The summed E-state index contributed by atoms with van der Waals surface area (Å²) in [5.74, 6) is 1.36. The van der Waals surface area contributed by atoms with E-state index in [4.69, 9.17) is 0 Å². The minimum absolute atomic E-state index is 0.0747. The average Bonchev–Trinajstić information content (AvgIpc) is 2.85. The molecule has 0 amide bonds. The SMILES string of the molecule is O=S(=O)(C1CC1)N1C[C@@H]2C[C@H]3C[C@H]2[C@H]1[C@@H]3O. The monoisotopic (exact) mass is 243 g/mol. The van der Waals surface area contributed by atoms with E-state index < -0.39 is 16.1 Å². The van der Waals surface area contributed by atoms with Crippen LogP contribution in [0.2, 0.25) is 0 Å². The van der Waals surface area contributed by atoms with Crippen molar-refractivity contribution in [2.24, 2.45) is 17.8 Å². The van der Waals surface area contributed by atoms with E-state index in [1.54, 1.807) is 4.31 Å². The van der Waals surface area contributed by atoms with E-state index in [2.05, 4.69) is 0 Å². The van der Waals surface area contributed by atoms with Crippen LogP contribution in [0.15, 0.2) is 0 Å². The van der Waals surface area contributed by atoms with Gasteiger partial charge < -0.3 is 5.11 Å². The summed E-state index contributed by atoms with van der Waals surface area (Å²) >= 11 is 0. The van der Waals surface area contributed by atoms with Gasteiger partial charge in [0.2, 0.25) is 10.0 Å². The second-order valence-corrected chi connectivity index (χ2v) is 8.12. The zero-order chi connectivity index (χ0) is 11.1. The van der Waals surface area contributed by atoms with Crippen LogP contribution in [-0.2, 0) is 10.0 Å². The molecule has 0 unspecified atom stereocenters. The van der Waals surface area contributed by atoms with Crippen molar-refractivity contribution < 1.29 is 13.5 Å². The van der Waals surface area contributed by atoms with Crippen molar-refractivity contribution in [1.29, 1.82) is 0 Å². The van der Waals surface area contributed by atoms with E-state index in [-0.39, 0.29) is 11.3 Å². The number of fused-ring (bicyclic) bond motifs is 1. The second-order valence-electron chi connectivity index (χ2n) is 5.95. The lowest BCUT2D eigenvalue weighted by atomic mass is 9.88. The maximum Gasteiger partial charge on any atom is 0.217 e. The van der Waals surface area contributed by atoms with E-state index in [1.807, 2.05) is 0 Å². The molecule has 2 bridgehead atoms. The highest BCUT2D eigenvalue weighted by atomic mass is 32.2. The Bertz CT molecular complexity index is 429. The molecule has 1 N–H and O–H groups in total. The Hall–Kier alpha value is -0.130. The molecular weight excluding hydrogens is 226 g/mol. The molecule has 0 aromatic carbocycles. The van der Waals surface area contributed by atoms with Crippen molar-refractivity contribution in [2.45, 2.75) is 43.1 Å².